The fourth-order valence-corrected chi connectivity index (χ4v) is 1.21. The average Bonchev–Trinajstić information content (AvgIpc) is 2.08. The Hall–Kier alpha value is -0.900. The lowest BCUT2D eigenvalue weighted by atomic mass is 10.1. The molecule has 0 unspecified atom stereocenters. The molecule has 0 radical (unpaired) electrons. The summed E-state index contributed by atoms with van der Waals surface area (Å²) in [6, 6.07) is 1.79. The molecule has 70 valence electrons. The molecule has 1 heterocycles. The standard InChI is InChI=1S/C9H11BrN2O/c1-6(2)8-5-7(3-4-10)9(13)12-11-8/h3-6H,1-2H3,(H,12,13). The van der Waals surface area contributed by atoms with Gasteiger partial charge in [-0.3, -0.25) is 4.79 Å². The lowest BCUT2D eigenvalue weighted by molar-refractivity contribution is 0.776. The first kappa shape index (κ1) is 10.2. The van der Waals surface area contributed by atoms with Crippen LogP contribution in [-0.2, 0) is 0 Å². The van der Waals surface area contributed by atoms with Gasteiger partial charge in [0.1, 0.15) is 0 Å². The quantitative estimate of drug-likeness (QED) is 0.865. The van der Waals surface area contributed by atoms with E-state index in [-0.39, 0.29) is 5.56 Å². The third-order valence-electron chi connectivity index (χ3n) is 1.69. The molecule has 1 aromatic heterocycles. The second-order valence-corrected chi connectivity index (χ2v) is 3.55. The number of nitrogens with one attached hydrogen (secondary N) is 1. The second kappa shape index (κ2) is 4.37. The number of hydrogen-bond donors (Lipinski definition) is 1. The van der Waals surface area contributed by atoms with Gasteiger partial charge in [0.05, 0.1) is 5.69 Å². The van der Waals surface area contributed by atoms with Crippen molar-refractivity contribution >= 4 is 22.0 Å². The highest BCUT2D eigenvalue weighted by atomic mass is 79.9. The molecule has 3 nitrogen and oxygen atoms in total. The summed E-state index contributed by atoms with van der Waals surface area (Å²) >= 11 is 3.13. The van der Waals surface area contributed by atoms with Gasteiger partial charge in [-0.25, -0.2) is 5.10 Å². The SMILES string of the molecule is CC(C)c1cc(C=CBr)c(=O)[nH]n1. The summed E-state index contributed by atoms with van der Waals surface area (Å²) in [7, 11) is 0. The molecule has 13 heavy (non-hydrogen) atoms. The zero-order chi connectivity index (χ0) is 9.84. The Morgan fingerprint density at radius 1 is 1.62 bits per heavy atom. The molecule has 4 heteroatoms. The van der Waals surface area contributed by atoms with Crippen LogP contribution in [0.2, 0.25) is 0 Å². The van der Waals surface area contributed by atoms with Crippen molar-refractivity contribution in [3.8, 4) is 0 Å². The third kappa shape index (κ3) is 2.52. The fraction of sp³-hybridized carbons (Fsp3) is 0.333. The number of halogens is 1. The molecule has 0 saturated carbocycles. The topological polar surface area (TPSA) is 45.8 Å². The van der Waals surface area contributed by atoms with Crippen molar-refractivity contribution in [3.63, 3.8) is 0 Å². The lowest BCUT2D eigenvalue weighted by Crippen LogP contribution is -2.13. The highest BCUT2D eigenvalue weighted by Gasteiger charge is 2.03. The molecule has 0 saturated heterocycles. The fourth-order valence-electron chi connectivity index (χ4n) is 0.924. The lowest BCUT2D eigenvalue weighted by Gasteiger charge is -2.02. The summed E-state index contributed by atoms with van der Waals surface area (Å²) in [4.78, 5) is 12.8. The van der Waals surface area contributed by atoms with Gasteiger partial charge in [-0.05, 0) is 23.0 Å². The highest BCUT2D eigenvalue weighted by Crippen LogP contribution is 2.10. The smallest absolute Gasteiger partial charge is 0.267 e. The van der Waals surface area contributed by atoms with Gasteiger partial charge in [0.2, 0.25) is 0 Å². The predicted octanol–water partition coefficient (Wildman–Crippen LogP) is 2.26. The molecule has 1 aromatic rings. The molecule has 0 fully saturated rings. The molecule has 0 aliphatic heterocycles. The molecular weight excluding hydrogens is 232 g/mol. The first-order valence-electron chi connectivity index (χ1n) is 4.01. The summed E-state index contributed by atoms with van der Waals surface area (Å²) < 4.78 is 0. The Labute approximate surface area is 85.0 Å². The molecule has 0 amide bonds. The van der Waals surface area contributed by atoms with Gasteiger partial charge in [-0.15, -0.1) is 0 Å². The minimum absolute atomic E-state index is 0.167. The van der Waals surface area contributed by atoms with Crippen molar-refractivity contribution in [2.45, 2.75) is 19.8 Å². The van der Waals surface area contributed by atoms with E-state index in [0.29, 0.717) is 11.5 Å². The normalized spacial score (nSPS) is 11.4. The van der Waals surface area contributed by atoms with Gasteiger partial charge in [-0.2, -0.15) is 5.10 Å². The Kier molecular flexibility index (Phi) is 3.42. The molecule has 0 atom stereocenters. The van der Waals surface area contributed by atoms with Crippen LogP contribution in [0.4, 0.5) is 0 Å². The van der Waals surface area contributed by atoms with Crippen LogP contribution in [0.1, 0.15) is 31.0 Å². The maximum absolute atomic E-state index is 11.2. The average molecular weight is 243 g/mol. The van der Waals surface area contributed by atoms with E-state index < -0.39 is 0 Å². The Morgan fingerprint density at radius 3 is 2.85 bits per heavy atom. The zero-order valence-corrected chi connectivity index (χ0v) is 9.13. The van der Waals surface area contributed by atoms with Crippen molar-refractivity contribution < 1.29 is 0 Å². The molecule has 0 aliphatic rings. The van der Waals surface area contributed by atoms with E-state index in [1.54, 1.807) is 17.1 Å². The maximum Gasteiger partial charge on any atom is 0.271 e. The van der Waals surface area contributed by atoms with E-state index in [4.69, 9.17) is 0 Å². The third-order valence-corrected chi connectivity index (χ3v) is 1.95. The zero-order valence-electron chi connectivity index (χ0n) is 7.54. The monoisotopic (exact) mass is 242 g/mol. The summed E-state index contributed by atoms with van der Waals surface area (Å²) in [5.74, 6) is 0.319. The Morgan fingerprint density at radius 2 is 2.31 bits per heavy atom. The number of aromatic nitrogens is 2. The van der Waals surface area contributed by atoms with E-state index in [1.807, 2.05) is 13.8 Å². The summed E-state index contributed by atoms with van der Waals surface area (Å²) in [6.45, 7) is 4.06. The van der Waals surface area contributed by atoms with Crippen molar-refractivity contribution in [2.75, 3.05) is 0 Å². The minimum Gasteiger partial charge on any atom is -0.267 e. The van der Waals surface area contributed by atoms with Crippen LogP contribution in [-0.4, -0.2) is 10.2 Å². The molecule has 1 rings (SSSR count). The van der Waals surface area contributed by atoms with E-state index in [2.05, 4.69) is 26.1 Å². The van der Waals surface area contributed by atoms with Crippen molar-refractivity contribution in [1.82, 2.24) is 10.2 Å². The van der Waals surface area contributed by atoms with Crippen LogP contribution in [0.5, 0.6) is 0 Å². The number of hydrogen-bond acceptors (Lipinski definition) is 2. The van der Waals surface area contributed by atoms with Crippen molar-refractivity contribution in [3.05, 3.63) is 32.7 Å². The highest BCUT2D eigenvalue weighted by molar-refractivity contribution is 9.11. The largest absolute Gasteiger partial charge is 0.271 e. The molecule has 0 bridgehead atoms. The van der Waals surface area contributed by atoms with Crippen molar-refractivity contribution in [1.29, 1.82) is 0 Å². The van der Waals surface area contributed by atoms with Crippen LogP contribution in [0, 0.1) is 0 Å². The molecule has 0 aromatic carbocycles. The van der Waals surface area contributed by atoms with Gasteiger partial charge in [0, 0.05) is 5.56 Å². The second-order valence-electron chi connectivity index (χ2n) is 3.02. The van der Waals surface area contributed by atoms with Gasteiger partial charge < -0.3 is 0 Å². The number of nitrogens with zero attached hydrogens (tertiary/aromatic N) is 1. The first-order valence-corrected chi connectivity index (χ1v) is 4.93. The van der Waals surface area contributed by atoms with Crippen LogP contribution in [0.3, 0.4) is 0 Å². The van der Waals surface area contributed by atoms with Crippen LogP contribution in [0.25, 0.3) is 6.08 Å². The first-order chi connectivity index (χ1) is 6.15. The van der Waals surface area contributed by atoms with Gasteiger partial charge in [-0.1, -0.05) is 29.8 Å². The number of aromatic amines is 1. The number of H-pyrrole nitrogens is 1. The molecule has 0 aliphatic carbocycles. The summed E-state index contributed by atoms with van der Waals surface area (Å²) in [5, 5.41) is 6.39. The summed E-state index contributed by atoms with van der Waals surface area (Å²) in [5.41, 5.74) is 1.34. The van der Waals surface area contributed by atoms with Gasteiger partial charge in [0.25, 0.3) is 5.56 Å². The maximum atomic E-state index is 11.2. The van der Waals surface area contributed by atoms with E-state index in [1.165, 1.54) is 0 Å². The van der Waals surface area contributed by atoms with Crippen LogP contribution < -0.4 is 5.56 Å². The Bertz CT molecular complexity index is 368. The minimum atomic E-state index is -0.167. The van der Waals surface area contributed by atoms with Gasteiger partial charge in [0.15, 0.2) is 0 Å². The molecular formula is C9H11BrN2O. The molecule has 1 N–H and O–H groups in total. The molecule has 0 spiro atoms. The van der Waals surface area contributed by atoms with E-state index >= 15 is 0 Å². The van der Waals surface area contributed by atoms with Crippen molar-refractivity contribution in [2.24, 2.45) is 0 Å². The summed E-state index contributed by atoms with van der Waals surface area (Å²) in [6.07, 6.45) is 1.70. The van der Waals surface area contributed by atoms with Crippen LogP contribution in [0.15, 0.2) is 15.8 Å². The van der Waals surface area contributed by atoms with E-state index in [9.17, 15) is 4.79 Å². The predicted molar refractivity (Wildman–Crippen MR) is 56.9 cm³/mol. The Balaban J connectivity index is 3.19. The number of rotatable bonds is 2. The van der Waals surface area contributed by atoms with E-state index in [0.717, 1.165) is 5.69 Å². The van der Waals surface area contributed by atoms with Crippen LogP contribution >= 0.6 is 15.9 Å². The van der Waals surface area contributed by atoms with Gasteiger partial charge >= 0.3 is 0 Å².